The van der Waals surface area contributed by atoms with Crippen LogP contribution in [-0.4, -0.2) is 4.98 Å². The van der Waals surface area contributed by atoms with Crippen LogP contribution in [0, 0.1) is 10.5 Å². The van der Waals surface area contributed by atoms with E-state index < -0.39 is 0 Å². The van der Waals surface area contributed by atoms with Crippen molar-refractivity contribution in [2.45, 2.75) is 16.7 Å². The maximum absolute atomic E-state index is 5.93. The van der Waals surface area contributed by atoms with Crippen molar-refractivity contribution < 1.29 is 0 Å². The zero-order valence-electron chi connectivity index (χ0n) is 10.2. The molecular formula is C15H11ClINS. The molecule has 0 amide bonds. The van der Waals surface area contributed by atoms with Crippen molar-refractivity contribution in [2.75, 3.05) is 0 Å². The summed E-state index contributed by atoms with van der Waals surface area (Å²) in [6.45, 7) is 2.12. The molecule has 19 heavy (non-hydrogen) atoms. The van der Waals surface area contributed by atoms with Crippen LogP contribution in [0.5, 0.6) is 0 Å². The Bertz CT molecular complexity index is 734. The van der Waals surface area contributed by atoms with E-state index in [0.29, 0.717) is 0 Å². The number of rotatable bonds is 2. The van der Waals surface area contributed by atoms with Crippen molar-refractivity contribution >= 4 is 56.9 Å². The Kier molecular flexibility index (Phi) is 3.78. The molecule has 0 atom stereocenters. The second-order valence-corrected chi connectivity index (χ2v) is 6.98. The number of aromatic nitrogens is 1. The summed E-state index contributed by atoms with van der Waals surface area (Å²) in [6, 6.07) is 14.3. The zero-order valence-corrected chi connectivity index (χ0v) is 13.9. The van der Waals surface area contributed by atoms with Crippen LogP contribution in [0.15, 0.2) is 52.3 Å². The predicted octanol–water partition coefficient (Wildman–Crippen LogP) is 5.89. The molecule has 0 saturated heterocycles. The number of fused-ring (bicyclic) bond motifs is 1. The molecule has 3 rings (SSSR count). The lowest BCUT2D eigenvalue weighted by Gasteiger charge is -2.03. The molecule has 0 fully saturated rings. The van der Waals surface area contributed by atoms with Gasteiger partial charge in [0.1, 0.15) is 0 Å². The maximum atomic E-state index is 5.93. The van der Waals surface area contributed by atoms with Gasteiger partial charge in [-0.3, -0.25) is 0 Å². The third-order valence-electron chi connectivity index (χ3n) is 2.94. The van der Waals surface area contributed by atoms with Crippen molar-refractivity contribution in [3.63, 3.8) is 0 Å². The fourth-order valence-corrected chi connectivity index (χ4v) is 4.16. The number of nitrogens with one attached hydrogen (secondary N) is 1. The highest BCUT2D eigenvalue weighted by molar-refractivity contribution is 14.1. The molecule has 1 nitrogen and oxygen atoms in total. The van der Waals surface area contributed by atoms with Crippen molar-refractivity contribution in [3.8, 4) is 0 Å². The van der Waals surface area contributed by atoms with Crippen molar-refractivity contribution in [3.05, 3.63) is 56.8 Å². The van der Waals surface area contributed by atoms with Crippen LogP contribution in [0.3, 0.4) is 0 Å². The Hall–Kier alpha value is -0.650. The van der Waals surface area contributed by atoms with Gasteiger partial charge in [0.05, 0.1) is 0 Å². The van der Waals surface area contributed by atoms with Gasteiger partial charge < -0.3 is 4.98 Å². The minimum atomic E-state index is 0.773. The molecule has 0 aliphatic rings. The Balaban J connectivity index is 2.09. The Morgan fingerprint density at radius 2 is 1.84 bits per heavy atom. The normalized spacial score (nSPS) is 11.1. The van der Waals surface area contributed by atoms with Crippen LogP contribution in [0.25, 0.3) is 10.9 Å². The molecule has 1 aromatic heterocycles. The molecule has 0 bridgehead atoms. The number of hydrogen-bond donors (Lipinski definition) is 1. The maximum Gasteiger partial charge on any atom is 0.0478 e. The third-order valence-corrected chi connectivity index (χ3v) is 5.31. The first-order valence-corrected chi connectivity index (χ1v) is 8.12. The van der Waals surface area contributed by atoms with Gasteiger partial charge in [-0.15, -0.1) is 0 Å². The van der Waals surface area contributed by atoms with E-state index >= 15 is 0 Å². The standard InChI is InChI=1S/C15H11ClINS/c1-9-15(19-11-7-5-10(16)6-8-11)14-12(17)3-2-4-13(14)18-9/h2-8,18H,1H3. The summed E-state index contributed by atoms with van der Waals surface area (Å²) in [7, 11) is 0. The Labute approximate surface area is 134 Å². The summed E-state index contributed by atoms with van der Waals surface area (Å²) in [6.07, 6.45) is 0. The molecule has 2 aromatic carbocycles. The molecule has 0 saturated carbocycles. The quantitative estimate of drug-likeness (QED) is 0.532. The van der Waals surface area contributed by atoms with Crippen LogP contribution in [0.4, 0.5) is 0 Å². The first kappa shape index (κ1) is 13.3. The van der Waals surface area contributed by atoms with E-state index in [4.69, 9.17) is 11.6 Å². The van der Waals surface area contributed by atoms with Crippen LogP contribution in [0.2, 0.25) is 5.02 Å². The Morgan fingerprint density at radius 3 is 2.58 bits per heavy atom. The van der Waals surface area contributed by atoms with Crippen LogP contribution >= 0.6 is 46.0 Å². The molecule has 0 spiro atoms. The largest absolute Gasteiger partial charge is 0.358 e. The smallest absolute Gasteiger partial charge is 0.0478 e. The molecule has 0 aliphatic carbocycles. The highest BCUT2D eigenvalue weighted by Gasteiger charge is 2.12. The summed E-state index contributed by atoms with van der Waals surface area (Å²) in [5.41, 5.74) is 2.40. The zero-order chi connectivity index (χ0) is 13.4. The Morgan fingerprint density at radius 1 is 1.11 bits per heavy atom. The number of hydrogen-bond acceptors (Lipinski definition) is 1. The summed E-state index contributed by atoms with van der Waals surface area (Å²) >= 11 is 10.1. The number of halogens is 2. The highest BCUT2D eigenvalue weighted by atomic mass is 127. The molecule has 0 unspecified atom stereocenters. The lowest BCUT2D eigenvalue weighted by molar-refractivity contribution is 1.22. The fourth-order valence-electron chi connectivity index (χ4n) is 2.05. The average molecular weight is 400 g/mol. The fraction of sp³-hybridized carbons (Fsp3) is 0.0667. The van der Waals surface area contributed by atoms with Gasteiger partial charge >= 0.3 is 0 Å². The second kappa shape index (κ2) is 5.38. The molecule has 1 heterocycles. The van der Waals surface area contributed by atoms with E-state index in [1.54, 1.807) is 11.8 Å². The average Bonchev–Trinajstić information content (AvgIpc) is 2.70. The highest BCUT2D eigenvalue weighted by Crippen LogP contribution is 2.38. The third kappa shape index (κ3) is 2.64. The minimum absolute atomic E-state index is 0.773. The lowest BCUT2D eigenvalue weighted by atomic mass is 10.2. The molecule has 96 valence electrons. The predicted molar refractivity (Wildman–Crippen MR) is 91.3 cm³/mol. The topological polar surface area (TPSA) is 15.8 Å². The van der Waals surface area contributed by atoms with E-state index in [9.17, 15) is 0 Å². The molecule has 0 aliphatic heterocycles. The van der Waals surface area contributed by atoms with Crippen LogP contribution in [0.1, 0.15) is 5.69 Å². The number of aromatic amines is 1. The van der Waals surface area contributed by atoms with Gasteiger partial charge in [-0.05, 0) is 65.9 Å². The van der Waals surface area contributed by atoms with Gasteiger partial charge in [0.15, 0.2) is 0 Å². The number of H-pyrrole nitrogens is 1. The summed E-state index contributed by atoms with van der Waals surface area (Å²) in [5.74, 6) is 0. The van der Waals surface area contributed by atoms with Gasteiger partial charge in [0.25, 0.3) is 0 Å². The molecule has 3 aromatic rings. The molecule has 0 radical (unpaired) electrons. The van der Waals surface area contributed by atoms with Gasteiger partial charge in [-0.1, -0.05) is 29.4 Å². The molecule has 4 heteroatoms. The molecular weight excluding hydrogens is 389 g/mol. The van der Waals surface area contributed by atoms with Crippen LogP contribution in [-0.2, 0) is 0 Å². The van der Waals surface area contributed by atoms with Crippen molar-refractivity contribution in [1.82, 2.24) is 4.98 Å². The van der Waals surface area contributed by atoms with E-state index in [-0.39, 0.29) is 0 Å². The van der Waals surface area contributed by atoms with Crippen molar-refractivity contribution in [2.24, 2.45) is 0 Å². The van der Waals surface area contributed by atoms with Crippen molar-refractivity contribution in [1.29, 1.82) is 0 Å². The van der Waals surface area contributed by atoms with E-state index in [2.05, 4.69) is 64.8 Å². The first-order chi connectivity index (χ1) is 9.15. The van der Waals surface area contributed by atoms with E-state index in [1.807, 2.05) is 12.1 Å². The number of benzene rings is 2. The van der Waals surface area contributed by atoms with Crippen LogP contribution < -0.4 is 0 Å². The van der Waals surface area contributed by atoms with E-state index in [0.717, 1.165) is 5.02 Å². The second-order valence-electron chi connectivity index (χ2n) is 4.30. The monoisotopic (exact) mass is 399 g/mol. The van der Waals surface area contributed by atoms with Gasteiger partial charge in [0.2, 0.25) is 0 Å². The number of aryl methyl sites for hydroxylation is 1. The summed E-state index contributed by atoms with van der Waals surface area (Å²) in [5, 5.41) is 2.08. The SMILES string of the molecule is Cc1[nH]c2cccc(I)c2c1Sc1ccc(Cl)cc1. The van der Waals surface area contributed by atoms with Gasteiger partial charge in [-0.25, -0.2) is 0 Å². The minimum Gasteiger partial charge on any atom is -0.358 e. The van der Waals surface area contributed by atoms with Gasteiger partial charge in [-0.2, -0.15) is 0 Å². The lowest BCUT2D eigenvalue weighted by Crippen LogP contribution is -1.78. The summed E-state index contributed by atoms with van der Waals surface area (Å²) in [4.78, 5) is 5.94. The van der Waals surface area contributed by atoms with Gasteiger partial charge in [0, 0.05) is 35.0 Å². The molecule has 1 N–H and O–H groups in total. The first-order valence-electron chi connectivity index (χ1n) is 5.85. The van der Waals surface area contributed by atoms with E-state index in [1.165, 1.54) is 30.0 Å². The summed E-state index contributed by atoms with van der Waals surface area (Å²) < 4.78 is 1.27.